The monoisotopic (exact) mass is 247 g/mol. The minimum absolute atomic E-state index is 0.719. The first-order valence-corrected chi connectivity index (χ1v) is 6.89. The second-order valence-corrected chi connectivity index (χ2v) is 5.17. The summed E-state index contributed by atoms with van der Waals surface area (Å²) in [5, 5.41) is 0. The fraction of sp³-hybridized carbons (Fsp3) is 0.529. The van der Waals surface area contributed by atoms with Crippen molar-refractivity contribution < 1.29 is 0 Å². The van der Waals surface area contributed by atoms with Gasteiger partial charge in [0.05, 0.1) is 0 Å². The van der Waals surface area contributed by atoms with Gasteiger partial charge in [-0.2, -0.15) is 0 Å². The molecule has 0 spiro atoms. The summed E-state index contributed by atoms with van der Waals surface area (Å²) in [6, 6.07) is 0. The van der Waals surface area contributed by atoms with Crippen LogP contribution in [0.1, 0.15) is 47.0 Å². The molecule has 1 nitrogen and oxygen atoms in total. The lowest BCUT2D eigenvalue weighted by atomic mass is 10.0. The maximum absolute atomic E-state index is 5.41. The van der Waals surface area contributed by atoms with Gasteiger partial charge in [-0.15, -0.1) is 0 Å². The van der Waals surface area contributed by atoms with Gasteiger partial charge in [0, 0.05) is 0 Å². The summed E-state index contributed by atoms with van der Waals surface area (Å²) < 4.78 is 0. The molecule has 1 heteroatoms. The molecule has 0 aliphatic heterocycles. The van der Waals surface area contributed by atoms with Crippen LogP contribution >= 0.6 is 0 Å². The van der Waals surface area contributed by atoms with Crippen LogP contribution in [0.5, 0.6) is 0 Å². The Morgan fingerprint density at radius 2 is 1.72 bits per heavy atom. The first-order valence-electron chi connectivity index (χ1n) is 6.89. The molecular weight excluding hydrogens is 218 g/mol. The Morgan fingerprint density at radius 3 is 2.33 bits per heavy atom. The molecule has 102 valence electrons. The van der Waals surface area contributed by atoms with E-state index in [4.69, 9.17) is 5.73 Å². The summed E-state index contributed by atoms with van der Waals surface area (Å²) >= 11 is 0. The number of nitrogens with two attached hydrogens (primary N) is 1. The van der Waals surface area contributed by atoms with Crippen LogP contribution in [0.4, 0.5) is 0 Å². The lowest BCUT2D eigenvalue weighted by Crippen LogP contribution is -1.94. The molecule has 0 amide bonds. The molecule has 1 unspecified atom stereocenters. The first-order chi connectivity index (χ1) is 8.56. The number of hydrogen-bond donors (Lipinski definition) is 1. The van der Waals surface area contributed by atoms with Gasteiger partial charge in [0.25, 0.3) is 0 Å². The van der Waals surface area contributed by atoms with Crippen LogP contribution in [0.3, 0.4) is 0 Å². The maximum Gasteiger partial charge on any atom is -0.00425 e. The van der Waals surface area contributed by atoms with Gasteiger partial charge in [-0.05, 0) is 52.5 Å². The highest BCUT2D eigenvalue weighted by atomic mass is 14.5. The van der Waals surface area contributed by atoms with E-state index in [0.717, 1.165) is 25.3 Å². The second kappa shape index (κ2) is 11.0. The Balaban J connectivity index is 3.99. The molecule has 0 saturated heterocycles. The van der Waals surface area contributed by atoms with E-state index in [1.165, 1.54) is 17.6 Å². The Labute approximate surface area is 113 Å². The largest absolute Gasteiger partial charge is 0.330 e. The standard InChI is InChI=1S/C17H29N/c1-15(2)10-11-17(4)13-12-16(3)9-7-5-6-8-14-18/h5-7,9-10,12,17H,8,11,13-14,18H2,1-4H3/b6-5+,9-7-,16-12+. The highest BCUT2D eigenvalue weighted by Crippen LogP contribution is 2.12. The minimum atomic E-state index is 0.719. The maximum atomic E-state index is 5.41. The SMILES string of the molecule is CC(C)=CCC(C)C/C=C(C)/C=C\C=C\CCN. The van der Waals surface area contributed by atoms with Crippen molar-refractivity contribution in [2.75, 3.05) is 6.54 Å². The van der Waals surface area contributed by atoms with Gasteiger partial charge in [-0.1, -0.05) is 54.5 Å². The Hall–Kier alpha value is -1.08. The molecule has 0 fully saturated rings. The molecule has 0 aromatic carbocycles. The fourth-order valence-electron chi connectivity index (χ4n) is 1.47. The Bertz CT molecular complexity index is 315. The molecule has 0 aromatic rings. The van der Waals surface area contributed by atoms with Gasteiger partial charge in [0.1, 0.15) is 0 Å². The van der Waals surface area contributed by atoms with Gasteiger partial charge < -0.3 is 5.73 Å². The molecule has 0 aliphatic rings. The Kier molecular flexibility index (Phi) is 10.4. The van der Waals surface area contributed by atoms with E-state index in [0.29, 0.717) is 0 Å². The van der Waals surface area contributed by atoms with Crippen molar-refractivity contribution in [3.63, 3.8) is 0 Å². The topological polar surface area (TPSA) is 26.0 Å². The molecule has 1 atom stereocenters. The quantitative estimate of drug-likeness (QED) is 0.485. The van der Waals surface area contributed by atoms with Gasteiger partial charge in [-0.25, -0.2) is 0 Å². The molecule has 0 bridgehead atoms. The zero-order chi connectivity index (χ0) is 13.8. The van der Waals surface area contributed by atoms with Crippen molar-refractivity contribution in [1.82, 2.24) is 0 Å². The van der Waals surface area contributed by atoms with E-state index in [1.807, 2.05) is 0 Å². The van der Waals surface area contributed by atoms with Gasteiger partial charge in [-0.3, -0.25) is 0 Å². The summed E-state index contributed by atoms with van der Waals surface area (Å²) in [5.74, 6) is 0.719. The van der Waals surface area contributed by atoms with E-state index in [-0.39, 0.29) is 0 Å². The lowest BCUT2D eigenvalue weighted by molar-refractivity contribution is 0.600. The van der Waals surface area contributed by atoms with Crippen molar-refractivity contribution in [1.29, 1.82) is 0 Å². The van der Waals surface area contributed by atoms with E-state index >= 15 is 0 Å². The molecule has 0 radical (unpaired) electrons. The van der Waals surface area contributed by atoms with Crippen LogP contribution < -0.4 is 5.73 Å². The van der Waals surface area contributed by atoms with Crippen molar-refractivity contribution >= 4 is 0 Å². The van der Waals surface area contributed by atoms with Crippen LogP contribution in [-0.4, -0.2) is 6.54 Å². The van der Waals surface area contributed by atoms with E-state index < -0.39 is 0 Å². The third kappa shape index (κ3) is 11.4. The minimum Gasteiger partial charge on any atom is -0.330 e. The zero-order valence-corrected chi connectivity index (χ0v) is 12.4. The smallest absolute Gasteiger partial charge is 0.00425 e. The average molecular weight is 247 g/mol. The predicted octanol–water partition coefficient (Wildman–Crippen LogP) is 4.78. The van der Waals surface area contributed by atoms with E-state index in [1.54, 1.807) is 0 Å². The molecule has 0 heterocycles. The molecule has 0 aliphatic carbocycles. The molecule has 0 saturated carbocycles. The van der Waals surface area contributed by atoms with Crippen molar-refractivity contribution in [3.8, 4) is 0 Å². The number of hydrogen-bond acceptors (Lipinski definition) is 1. The van der Waals surface area contributed by atoms with Crippen molar-refractivity contribution in [2.45, 2.75) is 47.0 Å². The average Bonchev–Trinajstić information content (AvgIpc) is 2.33. The number of rotatable bonds is 8. The predicted molar refractivity (Wildman–Crippen MR) is 83.5 cm³/mol. The zero-order valence-electron chi connectivity index (χ0n) is 12.4. The summed E-state index contributed by atoms with van der Waals surface area (Å²) in [5.41, 5.74) is 8.15. The van der Waals surface area contributed by atoms with Crippen LogP contribution in [0.15, 0.2) is 47.6 Å². The van der Waals surface area contributed by atoms with Crippen LogP contribution in [0, 0.1) is 5.92 Å². The highest BCUT2D eigenvalue weighted by Gasteiger charge is 1.96. The Morgan fingerprint density at radius 1 is 1.06 bits per heavy atom. The summed E-state index contributed by atoms with van der Waals surface area (Å²) in [6.45, 7) is 9.49. The third-order valence-electron chi connectivity index (χ3n) is 2.71. The molecule has 0 rings (SSSR count). The van der Waals surface area contributed by atoms with E-state index in [9.17, 15) is 0 Å². The third-order valence-corrected chi connectivity index (χ3v) is 2.71. The van der Waals surface area contributed by atoms with Gasteiger partial charge in [0.15, 0.2) is 0 Å². The summed E-state index contributed by atoms with van der Waals surface area (Å²) in [4.78, 5) is 0. The fourth-order valence-corrected chi connectivity index (χ4v) is 1.47. The van der Waals surface area contributed by atoms with Gasteiger partial charge >= 0.3 is 0 Å². The van der Waals surface area contributed by atoms with Crippen molar-refractivity contribution in [2.24, 2.45) is 11.7 Å². The van der Waals surface area contributed by atoms with E-state index in [2.05, 4.69) is 64.2 Å². The normalized spacial score (nSPS) is 14.4. The second-order valence-electron chi connectivity index (χ2n) is 5.17. The van der Waals surface area contributed by atoms with Gasteiger partial charge in [0.2, 0.25) is 0 Å². The van der Waals surface area contributed by atoms with Crippen molar-refractivity contribution in [3.05, 3.63) is 47.6 Å². The number of allylic oxidation sites excluding steroid dienone is 7. The molecular formula is C17H29N. The van der Waals surface area contributed by atoms with Crippen LogP contribution in [-0.2, 0) is 0 Å². The highest BCUT2D eigenvalue weighted by molar-refractivity contribution is 5.20. The first kappa shape index (κ1) is 16.9. The summed E-state index contributed by atoms with van der Waals surface area (Å²) in [7, 11) is 0. The summed E-state index contributed by atoms with van der Waals surface area (Å²) in [6.07, 6.45) is 16.3. The molecule has 18 heavy (non-hydrogen) atoms. The van der Waals surface area contributed by atoms with Crippen LogP contribution in [0.2, 0.25) is 0 Å². The molecule has 2 N–H and O–H groups in total. The lowest BCUT2D eigenvalue weighted by Gasteiger charge is -2.05. The molecule has 0 aromatic heterocycles. The van der Waals surface area contributed by atoms with Crippen LogP contribution in [0.25, 0.3) is 0 Å².